The first kappa shape index (κ1) is 20.9. The molecule has 1 heteroatoms. The Kier molecular flexibility index (Phi) is 5.78. The van der Waals surface area contributed by atoms with Gasteiger partial charge in [-0.3, -0.25) is 4.79 Å². The number of carbonyl (C=O) groups excluding carboxylic acids is 1. The lowest BCUT2D eigenvalue weighted by Crippen LogP contribution is -2.53. The van der Waals surface area contributed by atoms with Crippen LogP contribution in [0.15, 0.2) is 0 Å². The van der Waals surface area contributed by atoms with Crippen LogP contribution in [-0.4, -0.2) is 5.78 Å². The van der Waals surface area contributed by atoms with Crippen molar-refractivity contribution in [3.8, 4) is 0 Å². The molecule has 28 heavy (non-hydrogen) atoms. The number of hydrogen-bond donors (Lipinski definition) is 0. The summed E-state index contributed by atoms with van der Waals surface area (Å²) in [6.45, 7) is 12.6. The molecule has 1 nitrogen and oxygen atoms in total. The van der Waals surface area contributed by atoms with Crippen molar-refractivity contribution in [2.24, 2.45) is 52.3 Å². The first-order valence-electron chi connectivity index (χ1n) is 12.8. The fourth-order valence-electron chi connectivity index (χ4n) is 9.07. The van der Waals surface area contributed by atoms with E-state index in [1.54, 1.807) is 0 Å². The van der Waals surface area contributed by atoms with Gasteiger partial charge in [0, 0.05) is 12.8 Å². The summed E-state index contributed by atoms with van der Waals surface area (Å²) in [5, 5.41) is 0. The zero-order valence-corrected chi connectivity index (χ0v) is 19.4. The molecule has 0 aromatic carbocycles. The number of hydrogen-bond acceptors (Lipinski definition) is 1. The van der Waals surface area contributed by atoms with Gasteiger partial charge in [0.15, 0.2) is 0 Å². The first-order valence-corrected chi connectivity index (χ1v) is 12.8. The third-order valence-electron chi connectivity index (χ3n) is 10.7. The molecule has 0 aromatic heterocycles. The topological polar surface area (TPSA) is 17.1 Å². The lowest BCUT2D eigenvalue weighted by atomic mass is 9.44. The molecule has 8 atom stereocenters. The number of fused-ring (bicyclic) bond motifs is 5. The summed E-state index contributed by atoms with van der Waals surface area (Å²) in [5.41, 5.74) is 1.07. The highest BCUT2D eigenvalue weighted by Crippen LogP contribution is 2.68. The molecule has 4 rings (SSSR count). The molecule has 0 saturated heterocycles. The van der Waals surface area contributed by atoms with E-state index in [-0.39, 0.29) is 0 Å². The molecule has 0 bridgehead atoms. The van der Waals surface area contributed by atoms with E-state index >= 15 is 0 Å². The van der Waals surface area contributed by atoms with E-state index in [1.165, 1.54) is 64.2 Å². The summed E-state index contributed by atoms with van der Waals surface area (Å²) in [6.07, 6.45) is 15.9. The maximum absolute atomic E-state index is 12.1. The van der Waals surface area contributed by atoms with Gasteiger partial charge < -0.3 is 0 Å². The van der Waals surface area contributed by atoms with E-state index in [0.717, 1.165) is 48.3 Å². The van der Waals surface area contributed by atoms with Gasteiger partial charge in [-0.2, -0.15) is 0 Å². The molecule has 160 valence electrons. The maximum atomic E-state index is 12.1. The van der Waals surface area contributed by atoms with Gasteiger partial charge in [0.05, 0.1) is 0 Å². The molecule has 0 radical (unpaired) electrons. The summed E-state index contributed by atoms with van der Waals surface area (Å²) in [4.78, 5) is 12.1. The lowest BCUT2D eigenvalue weighted by Gasteiger charge is -2.60. The fourth-order valence-corrected chi connectivity index (χ4v) is 9.07. The third-order valence-corrected chi connectivity index (χ3v) is 10.7. The van der Waals surface area contributed by atoms with Crippen molar-refractivity contribution in [1.29, 1.82) is 0 Å². The van der Waals surface area contributed by atoms with Crippen LogP contribution in [0.4, 0.5) is 0 Å². The molecule has 0 aliphatic heterocycles. The highest BCUT2D eigenvalue weighted by atomic mass is 16.1. The Morgan fingerprint density at radius 2 is 1.64 bits per heavy atom. The van der Waals surface area contributed by atoms with Crippen molar-refractivity contribution in [1.82, 2.24) is 0 Å². The lowest BCUT2D eigenvalue weighted by molar-refractivity contribution is -0.140. The Hall–Kier alpha value is -0.330. The Labute approximate surface area is 174 Å². The van der Waals surface area contributed by atoms with E-state index in [4.69, 9.17) is 0 Å². The minimum Gasteiger partial charge on any atom is -0.300 e. The number of ketones is 1. The molecule has 4 aliphatic rings. The second-order valence-corrected chi connectivity index (χ2v) is 12.4. The smallest absolute Gasteiger partial charge is 0.133 e. The van der Waals surface area contributed by atoms with Gasteiger partial charge in [0.25, 0.3) is 0 Å². The summed E-state index contributed by atoms with van der Waals surface area (Å²) in [5.74, 6) is 6.82. The summed E-state index contributed by atoms with van der Waals surface area (Å²) < 4.78 is 0. The molecule has 4 fully saturated rings. The molecular weight excluding hydrogens is 340 g/mol. The Morgan fingerprint density at radius 3 is 2.39 bits per heavy atom. The van der Waals surface area contributed by atoms with E-state index in [1.807, 2.05) is 0 Å². The van der Waals surface area contributed by atoms with Gasteiger partial charge in [-0.15, -0.1) is 0 Å². The maximum Gasteiger partial charge on any atom is 0.133 e. The molecule has 0 heterocycles. The van der Waals surface area contributed by atoms with Crippen molar-refractivity contribution in [2.45, 2.75) is 112 Å². The van der Waals surface area contributed by atoms with Gasteiger partial charge in [0.2, 0.25) is 0 Å². The normalized spacial score (nSPS) is 46.8. The number of carbonyl (C=O) groups is 1. The molecule has 4 saturated carbocycles. The Balaban J connectivity index is 1.47. The molecular formula is C27H46O. The van der Waals surface area contributed by atoms with Crippen LogP contribution in [0.3, 0.4) is 0 Å². The SMILES string of the molecule is CC(C)CCCC(C)[C@H]1CCC2C3CC[C@@H]4CC(=O)CC[C@]4(C)C3CC[C@@]21C. The van der Waals surface area contributed by atoms with E-state index in [2.05, 4.69) is 34.6 Å². The van der Waals surface area contributed by atoms with Crippen LogP contribution < -0.4 is 0 Å². The summed E-state index contributed by atoms with van der Waals surface area (Å²) >= 11 is 0. The number of rotatable bonds is 5. The van der Waals surface area contributed by atoms with Crippen LogP contribution in [0.5, 0.6) is 0 Å². The molecule has 4 aliphatic carbocycles. The predicted molar refractivity (Wildman–Crippen MR) is 118 cm³/mol. The van der Waals surface area contributed by atoms with Gasteiger partial charge in [-0.05, 0) is 97.2 Å². The van der Waals surface area contributed by atoms with Crippen molar-refractivity contribution < 1.29 is 4.79 Å². The molecule has 0 N–H and O–H groups in total. The van der Waals surface area contributed by atoms with Crippen LogP contribution in [0.1, 0.15) is 112 Å². The zero-order chi connectivity index (χ0) is 20.1. The monoisotopic (exact) mass is 386 g/mol. The van der Waals surface area contributed by atoms with Crippen molar-refractivity contribution >= 4 is 5.78 Å². The average Bonchev–Trinajstić information content (AvgIpc) is 2.99. The van der Waals surface area contributed by atoms with Crippen LogP contribution in [0.2, 0.25) is 0 Å². The van der Waals surface area contributed by atoms with Crippen LogP contribution in [-0.2, 0) is 4.79 Å². The minimum absolute atomic E-state index is 0.471. The minimum atomic E-state index is 0.471. The van der Waals surface area contributed by atoms with Crippen molar-refractivity contribution in [3.63, 3.8) is 0 Å². The molecule has 0 aromatic rings. The average molecular weight is 387 g/mol. The zero-order valence-electron chi connectivity index (χ0n) is 19.4. The second-order valence-electron chi connectivity index (χ2n) is 12.4. The second kappa shape index (κ2) is 7.73. The first-order chi connectivity index (χ1) is 13.3. The predicted octanol–water partition coefficient (Wildman–Crippen LogP) is 7.68. The molecule has 4 unspecified atom stereocenters. The van der Waals surface area contributed by atoms with Crippen LogP contribution in [0, 0.1) is 52.3 Å². The highest BCUT2D eigenvalue weighted by Gasteiger charge is 2.60. The van der Waals surface area contributed by atoms with Crippen molar-refractivity contribution in [3.05, 3.63) is 0 Å². The standard InChI is InChI=1S/C27H46O/c1-18(2)7-6-8-19(3)23-11-12-24-22-10-9-20-17-21(28)13-15-26(20,4)25(22)14-16-27(23,24)5/h18-20,22-25H,6-17H2,1-5H3/t19?,20-,22?,23-,24?,25?,26+,27-/m1/s1. The van der Waals surface area contributed by atoms with Gasteiger partial charge in [0.1, 0.15) is 5.78 Å². The Bertz CT molecular complexity index is 579. The Morgan fingerprint density at radius 1 is 0.893 bits per heavy atom. The van der Waals surface area contributed by atoms with Crippen molar-refractivity contribution in [2.75, 3.05) is 0 Å². The van der Waals surface area contributed by atoms with E-state index < -0.39 is 0 Å². The fraction of sp³-hybridized carbons (Fsp3) is 0.963. The molecule has 0 spiro atoms. The highest BCUT2D eigenvalue weighted by molar-refractivity contribution is 5.79. The van der Waals surface area contributed by atoms with Gasteiger partial charge >= 0.3 is 0 Å². The van der Waals surface area contributed by atoms with Gasteiger partial charge in [-0.1, -0.05) is 53.9 Å². The quantitative estimate of drug-likeness (QED) is 0.473. The van der Waals surface area contributed by atoms with Crippen LogP contribution in [0.25, 0.3) is 0 Å². The van der Waals surface area contributed by atoms with Gasteiger partial charge in [-0.25, -0.2) is 0 Å². The molecule has 0 amide bonds. The summed E-state index contributed by atoms with van der Waals surface area (Å²) in [7, 11) is 0. The number of Topliss-reactive ketones (excluding diaryl/α,β-unsaturated/α-hetero) is 1. The largest absolute Gasteiger partial charge is 0.300 e. The summed E-state index contributed by atoms with van der Waals surface area (Å²) in [6, 6.07) is 0. The van der Waals surface area contributed by atoms with Crippen LogP contribution >= 0.6 is 0 Å². The van der Waals surface area contributed by atoms with E-state index in [9.17, 15) is 4.79 Å². The third kappa shape index (κ3) is 3.41. The van der Waals surface area contributed by atoms with E-state index in [0.29, 0.717) is 22.5 Å².